The number of fused-ring (bicyclic) bond motifs is 1. The molecule has 25 heavy (non-hydrogen) atoms. The van der Waals surface area contributed by atoms with Crippen LogP contribution in [0.5, 0.6) is 0 Å². The fraction of sp³-hybridized carbons (Fsp3) is 0.412. The molecule has 1 saturated heterocycles. The van der Waals surface area contributed by atoms with Gasteiger partial charge in [-0.15, -0.1) is 0 Å². The number of hydrogen-bond donors (Lipinski definition) is 2. The molecule has 8 heteroatoms. The number of hydrogen-bond acceptors (Lipinski definition) is 4. The van der Waals surface area contributed by atoms with Crippen LogP contribution in [0.4, 0.5) is 11.6 Å². The molecule has 0 radical (unpaired) electrons. The average Bonchev–Trinajstić information content (AvgIpc) is 2.67. The lowest BCUT2D eigenvalue weighted by Crippen LogP contribution is -2.40. The van der Waals surface area contributed by atoms with Gasteiger partial charge in [0.15, 0.2) is 5.65 Å². The highest BCUT2D eigenvalue weighted by molar-refractivity contribution is 9.10. The van der Waals surface area contributed by atoms with E-state index >= 15 is 0 Å². The Hall–Kier alpha value is -2.22. The van der Waals surface area contributed by atoms with Gasteiger partial charge in [-0.05, 0) is 41.3 Å². The number of piperidine rings is 1. The predicted molar refractivity (Wildman–Crippen MR) is 99.8 cm³/mol. The number of aromatic amines is 1. The first kappa shape index (κ1) is 16.3. The minimum absolute atomic E-state index is 0.701. The number of H-pyrrole nitrogens is 1. The van der Waals surface area contributed by atoms with Crippen molar-refractivity contribution < 1.29 is 9.57 Å². The molecule has 0 unspecified atom stereocenters. The maximum atomic E-state index is 5.22. The van der Waals surface area contributed by atoms with Gasteiger partial charge in [0.2, 0.25) is 12.4 Å². The molecule has 1 aliphatic rings. The summed E-state index contributed by atoms with van der Waals surface area (Å²) >= 11 is 3.52. The monoisotopic (exact) mass is 405 g/mol. The van der Waals surface area contributed by atoms with Crippen LogP contribution in [0.25, 0.3) is 5.65 Å². The third kappa shape index (κ3) is 3.30. The fourth-order valence-corrected chi connectivity index (χ4v) is 3.62. The van der Waals surface area contributed by atoms with E-state index in [4.69, 9.17) is 9.82 Å². The molecule has 0 spiro atoms. The largest absolute Gasteiger partial charge is 0.366 e. The maximum absolute atomic E-state index is 5.22. The first-order valence-corrected chi connectivity index (χ1v) is 9.34. The first-order chi connectivity index (χ1) is 12.2. The lowest BCUT2D eigenvalue weighted by atomic mass is 10.1. The Bertz CT molecular complexity index is 867. The molecule has 0 bridgehead atoms. The van der Waals surface area contributed by atoms with Crippen molar-refractivity contribution in [3.8, 4) is 0 Å². The second-order valence-electron chi connectivity index (χ2n) is 6.24. The third-order valence-corrected chi connectivity index (χ3v) is 5.08. The van der Waals surface area contributed by atoms with Gasteiger partial charge in [-0.3, -0.25) is 9.94 Å². The third-order valence-electron chi connectivity index (χ3n) is 4.55. The zero-order valence-corrected chi connectivity index (χ0v) is 15.8. The number of nitrogens with one attached hydrogen (secondary N) is 2. The van der Waals surface area contributed by atoms with Crippen molar-refractivity contribution in [1.82, 2.24) is 14.6 Å². The Balaban J connectivity index is 1.58. The van der Waals surface area contributed by atoms with Crippen molar-refractivity contribution in [2.75, 3.05) is 30.4 Å². The van der Waals surface area contributed by atoms with Gasteiger partial charge in [0.1, 0.15) is 23.3 Å². The van der Waals surface area contributed by atoms with Crippen molar-refractivity contribution in [1.29, 1.82) is 0 Å². The van der Waals surface area contributed by atoms with E-state index < -0.39 is 0 Å². The molecular weight excluding hydrogens is 384 g/mol. The van der Waals surface area contributed by atoms with Gasteiger partial charge >= 0.3 is 0 Å². The summed E-state index contributed by atoms with van der Waals surface area (Å²) in [6.45, 7) is 2.85. The summed E-state index contributed by atoms with van der Waals surface area (Å²) < 4.78 is 4.58. The van der Waals surface area contributed by atoms with Crippen LogP contribution in [-0.2, 0) is 6.54 Å². The van der Waals surface area contributed by atoms with Crippen LogP contribution in [0.15, 0.2) is 35.2 Å². The van der Waals surface area contributed by atoms with Crippen LogP contribution < -0.4 is 19.8 Å². The summed E-state index contributed by atoms with van der Waals surface area (Å²) in [5.41, 5.74) is 2.06. The zero-order chi connectivity index (χ0) is 17.2. The molecular formula is C17H22BrN6O+. The molecule has 0 aromatic carbocycles. The molecule has 0 amide bonds. The smallest absolute Gasteiger partial charge is 0.227 e. The van der Waals surface area contributed by atoms with Crippen LogP contribution in [0.3, 0.4) is 0 Å². The Morgan fingerprint density at radius 1 is 1.36 bits per heavy atom. The fourth-order valence-electron chi connectivity index (χ4n) is 3.17. The highest BCUT2D eigenvalue weighted by Gasteiger charge is 2.18. The van der Waals surface area contributed by atoms with E-state index in [-0.39, 0.29) is 0 Å². The Kier molecular flexibility index (Phi) is 4.52. The highest BCUT2D eigenvalue weighted by atomic mass is 79.9. The molecule has 0 aliphatic carbocycles. The topological polar surface area (TPSA) is 61.5 Å². The zero-order valence-electron chi connectivity index (χ0n) is 14.2. The van der Waals surface area contributed by atoms with Gasteiger partial charge in [0.05, 0.1) is 0 Å². The van der Waals surface area contributed by atoms with Gasteiger partial charge in [-0.1, -0.05) is 0 Å². The molecule has 4 rings (SSSR count). The summed E-state index contributed by atoms with van der Waals surface area (Å²) in [6, 6.07) is 6.16. The molecule has 3 aromatic heterocycles. The average molecular weight is 406 g/mol. The molecule has 7 nitrogen and oxygen atoms in total. The quantitative estimate of drug-likeness (QED) is 0.639. The summed E-state index contributed by atoms with van der Waals surface area (Å²) in [5, 5.41) is 6.72. The van der Waals surface area contributed by atoms with E-state index in [1.165, 1.54) is 19.3 Å². The second kappa shape index (κ2) is 6.95. The summed E-state index contributed by atoms with van der Waals surface area (Å²) in [5.74, 6) is 2.04. The molecule has 132 valence electrons. The van der Waals surface area contributed by atoms with Crippen molar-refractivity contribution in [3.05, 3.63) is 40.8 Å². The summed E-state index contributed by atoms with van der Waals surface area (Å²) in [7, 11) is 1.65. The normalized spacial score (nSPS) is 14.9. The van der Waals surface area contributed by atoms with Crippen LogP contribution in [-0.4, -0.2) is 34.8 Å². The van der Waals surface area contributed by atoms with Crippen LogP contribution in [0.1, 0.15) is 24.8 Å². The van der Waals surface area contributed by atoms with Crippen molar-refractivity contribution in [3.63, 3.8) is 0 Å². The number of rotatable bonds is 5. The van der Waals surface area contributed by atoms with Crippen LogP contribution in [0.2, 0.25) is 0 Å². The van der Waals surface area contributed by atoms with Crippen LogP contribution >= 0.6 is 15.9 Å². The SMILES string of the molecule is CO[n+]1cccc(CNc2cc(N3CCCCC3)nc3c(Br)[nH]n23)c1. The lowest BCUT2D eigenvalue weighted by molar-refractivity contribution is -0.885. The number of aromatic nitrogens is 4. The van der Waals surface area contributed by atoms with Crippen molar-refractivity contribution in [2.45, 2.75) is 25.8 Å². The lowest BCUT2D eigenvalue weighted by Gasteiger charge is -2.29. The van der Waals surface area contributed by atoms with Gasteiger partial charge in [-0.25, -0.2) is 9.50 Å². The molecule has 0 saturated carbocycles. The summed E-state index contributed by atoms with van der Waals surface area (Å²) in [6.07, 6.45) is 7.62. The highest BCUT2D eigenvalue weighted by Crippen LogP contribution is 2.27. The Morgan fingerprint density at radius 2 is 2.20 bits per heavy atom. The van der Waals surface area contributed by atoms with Gasteiger partial charge in [-0.2, -0.15) is 0 Å². The predicted octanol–water partition coefficient (Wildman–Crippen LogP) is 2.37. The van der Waals surface area contributed by atoms with E-state index in [2.05, 4.69) is 43.4 Å². The molecule has 3 aromatic rings. The number of pyridine rings is 1. The molecule has 0 atom stereocenters. The number of nitrogens with zero attached hydrogens (tertiary/aromatic N) is 4. The maximum Gasteiger partial charge on any atom is 0.227 e. The minimum Gasteiger partial charge on any atom is -0.366 e. The van der Waals surface area contributed by atoms with Crippen molar-refractivity contribution in [2.24, 2.45) is 0 Å². The van der Waals surface area contributed by atoms with E-state index in [1.54, 1.807) is 11.8 Å². The van der Waals surface area contributed by atoms with E-state index in [1.807, 2.05) is 23.0 Å². The minimum atomic E-state index is 0.701. The van der Waals surface area contributed by atoms with Gasteiger partial charge in [0, 0.05) is 42.1 Å². The van der Waals surface area contributed by atoms with E-state index in [0.29, 0.717) is 6.54 Å². The molecule has 2 N–H and O–H groups in total. The molecule has 4 heterocycles. The Labute approximate surface area is 154 Å². The van der Waals surface area contributed by atoms with Gasteiger partial charge < -0.3 is 10.2 Å². The first-order valence-electron chi connectivity index (χ1n) is 8.55. The van der Waals surface area contributed by atoms with Crippen LogP contribution in [0, 0.1) is 0 Å². The van der Waals surface area contributed by atoms with Crippen molar-refractivity contribution >= 4 is 33.2 Å². The van der Waals surface area contributed by atoms with Gasteiger partial charge in [0.25, 0.3) is 0 Å². The Morgan fingerprint density at radius 3 is 2.96 bits per heavy atom. The summed E-state index contributed by atoms with van der Waals surface area (Å²) in [4.78, 5) is 12.4. The second-order valence-corrected chi connectivity index (χ2v) is 7.03. The number of anilines is 2. The standard InChI is InChI=1S/C17H22BrN6O/c1-25-23-9-5-6-13(12-23)11-19-14-10-15(22-7-3-2-4-8-22)20-17-16(18)21-24(14)17/h5-6,9-10,12,19,21H,2-4,7-8,11H2,1H3/q+1. The molecule has 1 aliphatic heterocycles. The number of halogens is 1. The van der Waals surface area contributed by atoms with E-state index in [9.17, 15) is 0 Å². The molecule has 1 fully saturated rings. The van der Waals surface area contributed by atoms with E-state index in [0.717, 1.165) is 40.5 Å².